The first-order chi connectivity index (χ1) is 7.36. The number of imidazole rings is 1. The molecule has 0 saturated heterocycles. The Morgan fingerprint density at radius 1 is 1.35 bits per heavy atom. The number of nitrogens with one attached hydrogen (secondary N) is 2. The van der Waals surface area contributed by atoms with Crippen LogP contribution in [0.3, 0.4) is 0 Å². The molecule has 1 heterocycles. The summed E-state index contributed by atoms with van der Waals surface area (Å²) >= 11 is 0. The Morgan fingerprint density at radius 2 is 2.12 bits per heavy atom. The molecule has 1 aliphatic carbocycles. The number of rotatable bonds is 3. The van der Waals surface area contributed by atoms with Gasteiger partial charge in [0, 0.05) is 0 Å². The third-order valence-corrected chi connectivity index (χ3v) is 2.95. The number of nitrogens with zero attached hydrogens (tertiary/aromatic N) is 1. The van der Waals surface area contributed by atoms with E-state index in [9.17, 15) is 0 Å². The van der Waals surface area contributed by atoms with E-state index in [-0.39, 0.29) is 24.8 Å². The number of hydrogen-bond donors (Lipinski definition) is 2. The molecule has 0 unspecified atom stereocenters. The fraction of sp³-hybridized carbons (Fsp3) is 0.417. The molecule has 5 heteroatoms. The second-order valence-electron chi connectivity index (χ2n) is 4.26. The lowest BCUT2D eigenvalue weighted by Gasteiger charge is -1.95. The van der Waals surface area contributed by atoms with Crippen molar-refractivity contribution in [1.29, 1.82) is 0 Å². The standard InChI is InChI=1S/C12H15N3.2ClH/c1-13-7-12-14-10-5-4-9(8-2-3-8)6-11(10)15-12;;/h4-6,8,13H,2-3,7H2,1H3,(H,14,15);2*1H. The molecule has 2 N–H and O–H groups in total. The summed E-state index contributed by atoms with van der Waals surface area (Å²) in [5.41, 5.74) is 3.69. The predicted octanol–water partition coefficient (Wildman–Crippen LogP) is 3.00. The highest BCUT2D eigenvalue weighted by Crippen LogP contribution is 2.40. The summed E-state index contributed by atoms with van der Waals surface area (Å²) in [4.78, 5) is 7.86. The van der Waals surface area contributed by atoms with Gasteiger partial charge < -0.3 is 10.3 Å². The SMILES string of the molecule is CNCc1nc2cc(C3CC3)ccc2[nH]1.Cl.Cl. The highest BCUT2D eigenvalue weighted by atomic mass is 35.5. The lowest BCUT2D eigenvalue weighted by atomic mass is 10.1. The molecular weight excluding hydrogens is 257 g/mol. The van der Waals surface area contributed by atoms with Crippen LogP contribution < -0.4 is 5.32 Å². The Kier molecular flexibility index (Phi) is 4.80. The van der Waals surface area contributed by atoms with Crippen LogP contribution in [0.2, 0.25) is 0 Å². The van der Waals surface area contributed by atoms with Gasteiger partial charge in [-0.3, -0.25) is 0 Å². The van der Waals surface area contributed by atoms with Crippen molar-refractivity contribution in [2.75, 3.05) is 7.05 Å². The predicted molar refractivity (Wildman–Crippen MR) is 75.3 cm³/mol. The summed E-state index contributed by atoms with van der Waals surface area (Å²) in [5.74, 6) is 1.82. The number of H-pyrrole nitrogens is 1. The first-order valence-corrected chi connectivity index (χ1v) is 5.50. The van der Waals surface area contributed by atoms with Gasteiger partial charge in [0.1, 0.15) is 5.82 Å². The topological polar surface area (TPSA) is 40.7 Å². The van der Waals surface area contributed by atoms with Crippen molar-refractivity contribution >= 4 is 35.8 Å². The lowest BCUT2D eigenvalue weighted by molar-refractivity contribution is 0.775. The fourth-order valence-corrected chi connectivity index (χ4v) is 2.00. The van der Waals surface area contributed by atoms with Crippen LogP contribution in [0.25, 0.3) is 11.0 Å². The van der Waals surface area contributed by atoms with Gasteiger partial charge in [0.25, 0.3) is 0 Å². The molecule has 3 rings (SSSR count). The number of aromatic nitrogens is 2. The van der Waals surface area contributed by atoms with Gasteiger partial charge in [-0.2, -0.15) is 0 Å². The molecule has 0 bridgehead atoms. The second kappa shape index (κ2) is 5.71. The van der Waals surface area contributed by atoms with Gasteiger partial charge in [0.2, 0.25) is 0 Å². The van der Waals surface area contributed by atoms with Crippen molar-refractivity contribution in [2.24, 2.45) is 0 Å². The molecule has 0 spiro atoms. The Balaban J connectivity index is 0.000000722. The highest BCUT2D eigenvalue weighted by Gasteiger charge is 2.23. The van der Waals surface area contributed by atoms with E-state index in [4.69, 9.17) is 0 Å². The van der Waals surface area contributed by atoms with Crippen molar-refractivity contribution in [2.45, 2.75) is 25.3 Å². The van der Waals surface area contributed by atoms with Gasteiger partial charge in [-0.1, -0.05) is 6.07 Å². The van der Waals surface area contributed by atoms with Crippen molar-refractivity contribution in [3.05, 3.63) is 29.6 Å². The van der Waals surface area contributed by atoms with Gasteiger partial charge in [-0.15, -0.1) is 24.8 Å². The van der Waals surface area contributed by atoms with Crippen molar-refractivity contribution in [3.63, 3.8) is 0 Å². The molecule has 2 aromatic rings. The van der Waals surface area contributed by atoms with E-state index in [1.54, 1.807) is 0 Å². The molecule has 1 aromatic heterocycles. The van der Waals surface area contributed by atoms with Crippen LogP contribution in [0.4, 0.5) is 0 Å². The van der Waals surface area contributed by atoms with E-state index in [2.05, 4.69) is 33.5 Å². The molecule has 1 aliphatic rings. The molecule has 1 saturated carbocycles. The zero-order valence-electron chi connectivity index (χ0n) is 9.69. The van der Waals surface area contributed by atoms with Gasteiger partial charge in [0.05, 0.1) is 17.6 Å². The summed E-state index contributed by atoms with van der Waals surface area (Å²) in [6.07, 6.45) is 2.69. The van der Waals surface area contributed by atoms with E-state index in [1.165, 1.54) is 18.4 Å². The number of fused-ring (bicyclic) bond motifs is 1. The lowest BCUT2D eigenvalue weighted by Crippen LogP contribution is -2.06. The molecule has 17 heavy (non-hydrogen) atoms. The molecular formula is C12H17Cl2N3. The number of halogens is 2. The van der Waals surface area contributed by atoms with E-state index in [0.717, 1.165) is 29.3 Å². The van der Waals surface area contributed by atoms with Gasteiger partial charge in [0.15, 0.2) is 0 Å². The summed E-state index contributed by atoms with van der Waals surface area (Å²) in [5, 5.41) is 3.10. The molecule has 1 aromatic carbocycles. The van der Waals surface area contributed by atoms with Crippen LogP contribution in [0.5, 0.6) is 0 Å². The maximum absolute atomic E-state index is 4.56. The van der Waals surface area contributed by atoms with E-state index >= 15 is 0 Å². The molecule has 0 atom stereocenters. The van der Waals surface area contributed by atoms with E-state index < -0.39 is 0 Å². The minimum absolute atomic E-state index is 0. The maximum atomic E-state index is 4.56. The molecule has 1 fully saturated rings. The zero-order chi connectivity index (χ0) is 10.3. The van der Waals surface area contributed by atoms with Crippen LogP contribution in [-0.4, -0.2) is 17.0 Å². The van der Waals surface area contributed by atoms with Gasteiger partial charge in [-0.25, -0.2) is 4.98 Å². The van der Waals surface area contributed by atoms with Crippen LogP contribution in [0.1, 0.15) is 30.1 Å². The first kappa shape index (κ1) is 14.3. The Labute approximate surface area is 113 Å². The quantitative estimate of drug-likeness (QED) is 0.903. The second-order valence-corrected chi connectivity index (χ2v) is 4.26. The van der Waals surface area contributed by atoms with E-state index in [0.29, 0.717) is 0 Å². The van der Waals surface area contributed by atoms with E-state index in [1.807, 2.05) is 7.05 Å². The molecule has 0 radical (unpaired) electrons. The Hall–Kier alpha value is -0.770. The minimum Gasteiger partial charge on any atom is -0.341 e. The first-order valence-electron chi connectivity index (χ1n) is 5.50. The third-order valence-electron chi connectivity index (χ3n) is 2.95. The summed E-state index contributed by atoms with van der Waals surface area (Å²) in [6, 6.07) is 6.60. The molecule has 3 nitrogen and oxygen atoms in total. The number of aromatic amines is 1. The Morgan fingerprint density at radius 3 is 2.76 bits per heavy atom. The summed E-state index contributed by atoms with van der Waals surface area (Å²) < 4.78 is 0. The summed E-state index contributed by atoms with van der Waals surface area (Å²) in [7, 11) is 1.93. The van der Waals surface area contributed by atoms with Gasteiger partial charge in [-0.05, 0) is 43.5 Å². The minimum atomic E-state index is 0. The monoisotopic (exact) mass is 273 g/mol. The molecule has 0 amide bonds. The maximum Gasteiger partial charge on any atom is 0.121 e. The van der Waals surface area contributed by atoms with Crippen LogP contribution in [0, 0.1) is 0 Å². The van der Waals surface area contributed by atoms with Gasteiger partial charge >= 0.3 is 0 Å². The highest BCUT2D eigenvalue weighted by molar-refractivity contribution is 5.85. The van der Waals surface area contributed by atoms with Crippen LogP contribution in [0.15, 0.2) is 18.2 Å². The van der Waals surface area contributed by atoms with Crippen molar-refractivity contribution in [3.8, 4) is 0 Å². The van der Waals surface area contributed by atoms with Crippen molar-refractivity contribution < 1.29 is 0 Å². The molecule has 0 aliphatic heterocycles. The van der Waals surface area contributed by atoms with Crippen molar-refractivity contribution in [1.82, 2.24) is 15.3 Å². The Bertz CT molecular complexity index is 491. The summed E-state index contributed by atoms with van der Waals surface area (Å²) in [6.45, 7) is 0.799. The zero-order valence-corrected chi connectivity index (χ0v) is 11.3. The van der Waals surface area contributed by atoms with Crippen LogP contribution >= 0.6 is 24.8 Å². The largest absolute Gasteiger partial charge is 0.341 e. The number of benzene rings is 1. The average Bonchev–Trinajstić information content (AvgIpc) is 2.99. The average molecular weight is 274 g/mol. The van der Waals surface area contributed by atoms with Crippen LogP contribution in [-0.2, 0) is 6.54 Å². The normalized spacial score (nSPS) is 14.2. The fourth-order valence-electron chi connectivity index (χ4n) is 2.00. The molecule has 94 valence electrons. The third kappa shape index (κ3) is 2.92. The smallest absolute Gasteiger partial charge is 0.121 e. The number of hydrogen-bond acceptors (Lipinski definition) is 2.